The molecule has 0 unspecified atom stereocenters. The highest BCUT2D eigenvalue weighted by atomic mass is 16.7. The van der Waals surface area contributed by atoms with Crippen LogP contribution in [0.4, 0.5) is 0 Å². The number of ether oxygens (including phenoxy) is 2. The van der Waals surface area contributed by atoms with Crippen LogP contribution < -0.4 is 14.8 Å². The Balaban J connectivity index is 1.95. The van der Waals surface area contributed by atoms with Crippen LogP contribution in [-0.4, -0.2) is 13.3 Å². The monoisotopic (exact) mass is 247 g/mol. The molecule has 4 nitrogen and oxygen atoms in total. The summed E-state index contributed by atoms with van der Waals surface area (Å²) < 4.78 is 16.6. The quantitative estimate of drug-likeness (QED) is 0.843. The van der Waals surface area contributed by atoms with Crippen LogP contribution in [0.1, 0.15) is 24.7 Å². The maximum Gasteiger partial charge on any atom is 0.231 e. The molecule has 1 aromatic heterocycles. The van der Waals surface area contributed by atoms with E-state index in [4.69, 9.17) is 13.9 Å². The Morgan fingerprint density at radius 3 is 2.78 bits per heavy atom. The first kappa shape index (κ1) is 11.4. The lowest BCUT2D eigenvalue weighted by atomic mass is 10.1. The van der Waals surface area contributed by atoms with Crippen molar-refractivity contribution in [3.63, 3.8) is 0 Å². The summed E-state index contributed by atoms with van der Waals surface area (Å²) in [7, 11) is 0. The van der Waals surface area contributed by atoms with Gasteiger partial charge in [0.25, 0.3) is 0 Å². The van der Waals surface area contributed by atoms with Crippen LogP contribution in [0, 0.1) is 6.92 Å². The van der Waals surface area contributed by atoms with Gasteiger partial charge in [-0.15, -0.1) is 0 Å². The summed E-state index contributed by atoms with van der Waals surface area (Å²) in [5, 5.41) is 4.46. The van der Waals surface area contributed by atoms with Gasteiger partial charge in [0.2, 0.25) is 6.79 Å². The SMILES string of the molecule is CCCNCc1oc2cc3c(cc2c1C)OCO3. The molecule has 0 atom stereocenters. The maximum atomic E-state index is 5.87. The molecule has 96 valence electrons. The third kappa shape index (κ3) is 1.82. The van der Waals surface area contributed by atoms with E-state index < -0.39 is 0 Å². The Kier molecular flexibility index (Phi) is 2.88. The largest absolute Gasteiger partial charge is 0.459 e. The van der Waals surface area contributed by atoms with E-state index in [2.05, 4.69) is 19.2 Å². The van der Waals surface area contributed by atoms with Gasteiger partial charge in [0.15, 0.2) is 11.5 Å². The van der Waals surface area contributed by atoms with Gasteiger partial charge in [0.1, 0.15) is 11.3 Å². The van der Waals surface area contributed by atoms with Gasteiger partial charge in [-0.2, -0.15) is 0 Å². The standard InChI is InChI=1S/C14H17NO3/c1-3-4-15-7-14-9(2)10-5-12-13(17-8-16-12)6-11(10)18-14/h5-6,15H,3-4,7-8H2,1-2H3. The zero-order chi connectivity index (χ0) is 12.5. The van der Waals surface area contributed by atoms with Gasteiger partial charge in [-0.25, -0.2) is 0 Å². The topological polar surface area (TPSA) is 43.6 Å². The third-order valence-corrected chi connectivity index (χ3v) is 3.24. The average Bonchev–Trinajstić information content (AvgIpc) is 2.93. The Hall–Kier alpha value is -1.68. The van der Waals surface area contributed by atoms with Crippen molar-refractivity contribution in [3.8, 4) is 11.5 Å². The number of nitrogens with one attached hydrogen (secondary N) is 1. The fourth-order valence-electron chi connectivity index (χ4n) is 2.21. The minimum atomic E-state index is 0.298. The second-order valence-corrected chi connectivity index (χ2v) is 4.53. The summed E-state index contributed by atoms with van der Waals surface area (Å²) in [5.74, 6) is 2.56. The van der Waals surface area contributed by atoms with E-state index in [1.165, 1.54) is 5.56 Å². The Morgan fingerprint density at radius 1 is 1.22 bits per heavy atom. The van der Waals surface area contributed by atoms with Crippen molar-refractivity contribution in [2.75, 3.05) is 13.3 Å². The maximum absolute atomic E-state index is 5.87. The van der Waals surface area contributed by atoms with Gasteiger partial charge in [-0.3, -0.25) is 0 Å². The minimum Gasteiger partial charge on any atom is -0.459 e. The molecule has 1 aliphatic rings. The molecule has 4 heteroatoms. The molecule has 3 rings (SSSR count). The number of benzene rings is 1. The second kappa shape index (κ2) is 4.53. The molecule has 0 saturated heterocycles. The van der Waals surface area contributed by atoms with Crippen LogP contribution in [0.3, 0.4) is 0 Å². The van der Waals surface area contributed by atoms with Gasteiger partial charge < -0.3 is 19.2 Å². The summed E-state index contributed by atoms with van der Waals surface area (Å²) in [5.41, 5.74) is 2.04. The Bertz CT molecular complexity index is 574. The summed E-state index contributed by atoms with van der Waals surface area (Å²) in [6.07, 6.45) is 1.12. The smallest absolute Gasteiger partial charge is 0.231 e. The van der Waals surface area contributed by atoms with E-state index >= 15 is 0 Å². The highest BCUT2D eigenvalue weighted by Gasteiger charge is 2.18. The molecule has 18 heavy (non-hydrogen) atoms. The highest BCUT2D eigenvalue weighted by molar-refractivity contribution is 5.85. The molecule has 0 aliphatic carbocycles. The molecular formula is C14H17NO3. The minimum absolute atomic E-state index is 0.298. The average molecular weight is 247 g/mol. The molecule has 0 saturated carbocycles. The lowest BCUT2D eigenvalue weighted by Gasteiger charge is -2.00. The first-order valence-corrected chi connectivity index (χ1v) is 6.32. The summed E-state index contributed by atoms with van der Waals surface area (Å²) in [4.78, 5) is 0. The summed E-state index contributed by atoms with van der Waals surface area (Å²) >= 11 is 0. The van der Waals surface area contributed by atoms with Crippen LogP contribution in [0.2, 0.25) is 0 Å². The molecular weight excluding hydrogens is 230 g/mol. The van der Waals surface area contributed by atoms with Gasteiger partial charge in [0.05, 0.1) is 6.54 Å². The van der Waals surface area contributed by atoms with Gasteiger partial charge in [-0.1, -0.05) is 6.92 Å². The first-order chi connectivity index (χ1) is 8.79. The van der Waals surface area contributed by atoms with Crippen LogP contribution in [-0.2, 0) is 6.54 Å². The molecule has 2 aromatic rings. The highest BCUT2D eigenvalue weighted by Crippen LogP contribution is 2.38. The molecule has 1 aliphatic heterocycles. The van der Waals surface area contributed by atoms with Gasteiger partial charge in [-0.05, 0) is 31.5 Å². The molecule has 0 fully saturated rings. The van der Waals surface area contributed by atoms with Gasteiger partial charge in [0, 0.05) is 11.5 Å². The molecule has 0 amide bonds. The van der Waals surface area contributed by atoms with Crippen LogP contribution in [0.5, 0.6) is 11.5 Å². The van der Waals surface area contributed by atoms with Crippen molar-refractivity contribution in [1.29, 1.82) is 0 Å². The predicted octanol–water partition coefficient (Wildman–Crippen LogP) is 2.97. The first-order valence-electron chi connectivity index (χ1n) is 6.32. The number of rotatable bonds is 4. The van der Waals surface area contributed by atoms with Crippen LogP contribution in [0.25, 0.3) is 11.0 Å². The van der Waals surface area contributed by atoms with Crippen molar-refractivity contribution in [2.45, 2.75) is 26.8 Å². The van der Waals surface area contributed by atoms with E-state index in [9.17, 15) is 0 Å². The van der Waals surface area contributed by atoms with Crippen LogP contribution >= 0.6 is 0 Å². The molecule has 2 heterocycles. The van der Waals surface area contributed by atoms with E-state index in [0.717, 1.165) is 47.7 Å². The number of fused-ring (bicyclic) bond motifs is 2. The van der Waals surface area contributed by atoms with Crippen molar-refractivity contribution in [3.05, 3.63) is 23.5 Å². The number of hydrogen-bond donors (Lipinski definition) is 1. The normalized spacial score (nSPS) is 13.4. The van der Waals surface area contributed by atoms with Crippen molar-refractivity contribution in [1.82, 2.24) is 5.32 Å². The second-order valence-electron chi connectivity index (χ2n) is 4.53. The van der Waals surface area contributed by atoms with E-state index in [-0.39, 0.29) is 0 Å². The van der Waals surface area contributed by atoms with Crippen molar-refractivity contribution < 1.29 is 13.9 Å². The van der Waals surface area contributed by atoms with Gasteiger partial charge >= 0.3 is 0 Å². The van der Waals surface area contributed by atoms with Crippen molar-refractivity contribution in [2.24, 2.45) is 0 Å². The third-order valence-electron chi connectivity index (χ3n) is 3.24. The number of aryl methyl sites for hydroxylation is 1. The fourth-order valence-corrected chi connectivity index (χ4v) is 2.21. The zero-order valence-corrected chi connectivity index (χ0v) is 10.7. The Labute approximate surface area is 106 Å². The number of hydrogen-bond acceptors (Lipinski definition) is 4. The molecule has 1 N–H and O–H groups in total. The molecule has 0 spiro atoms. The lowest BCUT2D eigenvalue weighted by Crippen LogP contribution is -2.13. The lowest BCUT2D eigenvalue weighted by molar-refractivity contribution is 0.174. The fraction of sp³-hybridized carbons (Fsp3) is 0.429. The molecule has 0 radical (unpaired) electrons. The van der Waals surface area contributed by atoms with Crippen LogP contribution in [0.15, 0.2) is 16.5 Å². The molecule has 1 aromatic carbocycles. The zero-order valence-electron chi connectivity index (χ0n) is 10.7. The summed E-state index contributed by atoms with van der Waals surface area (Å²) in [6, 6.07) is 3.91. The van der Waals surface area contributed by atoms with E-state index in [1.807, 2.05) is 12.1 Å². The predicted molar refractivity (Wildman–Crippen MR) is 69.1 cm³/mol. The summed E-state index contributed by atoms with van der Waals surface area (Å²) in [6.45, 7) is 6.29. The van der Waals surface area contributed by atoms with E-state index in [0.29, 0.717) is 6.79 Å². The van der Waals surface area contributed by atoms with E-state index in [1.54, 1.807) is 0 Å². The van der Waals surface area contributed by atoms with Crippen molar-refractivity contribution >= 4 is 11.0 Å². The number of furan rings is 1. The molecule has 0 bridgehead atoms. The Morgan fingerprint density at radius 2 is 2.00 bits per heavy atom.